The van der Waals surface area contributed by atoms with Gasteiger partial charge in [0.15, 0.2) is 0 Å². The van der Waals surface area contributed by atoms with E-state index in [1.807, 2.05) is 12.1 Å². The molecule has 0 spiro atoms. The highest BCUT2D eigenvalue weighted by molar-refractivity contribution is 8.93. The van der Waals surface area contributed by atoms with Crippen LogP contribution >= 0.6 is 17.0 Å². The van der Waals surface area contributed by atoms with Crippen LogP contribution in [0.25, 0.3) is 11.0 Å². The largest absolute Gasteiger partial charge is 0.508 e. The van der Waals surface area contributed by atoms with Gasteiger partial charge in [0.2, 0.25) is 5.95 Å². The average molecular weight is 389 g/mol. The Hall–Kier alpha value is -2.05. The van der Waals surface area contributed by atoms with Crippen LogP contribution in [0.5, 0.6) is 5.75 Å². The number of fused-ring (bicyclic) bond motifs is 1. The van der Waals surface area contributed by atoms with Gasteiger partial charge in [-0.1, -0.05) is 30.3 Å². The zero-order valence-corrected chi connectivity index (χ0v) is 15.1. The first-order valence-corrected chi connectivity index (χ1v) is 8.00. The maximum absolute atomic E-state index is 9.88. The smallest absolute Gasteiger partial charge is 0.206 e. The zero-order chi connectivity index (χ0) is 15.6. The van der Waals surface area contributed by atoms with E-state index in [-0.39, 0.29) is 22.7 Å². The third kappa shape index (κ3) is 3.25. The van der Waals surface area contributed by atoms with E-state index in [1.165, 1.54) is 5.56 Å². The van der Waals surface area contributed by atoms with Crippen molar-refractivity contribution in [3.05, 3.63) is 54.1 Å². The highest BCUT2D eigenvalue weighted by Gasteiger charge is 2.19. The number of rotatable bonds is 3. The minimum absolute atomic E-state index is 0. The summed E-state index contributed by atoms with van der Waals surface area (Å²) < 4.78 is 2.20. The molecule has 0 radical (unpaired) electrons. The standard InChI is InChI=1S/C18H20N4O.BrH/c23-15-6-7-16-17(12-15)22(13-14-4-2-1-3-5-14)18(20-16)21-10-8-19-9-11-21;/h1-7,12,19,23H,8-11,13H2;1H. The lowest BCUT2D eigenvalue weighted by molar-refractivity contribution is 0.476. The van der Waals surface area contributed by atoms with E-state index in [0.29, 0.717) is 0 Å². The van der Waals surface area contributed by atoms with Gasteiger partial charge in [-0.15, -0.1) is 17.0 Å². The molecular weight excluding hydrogens is 368 g/mol. The number of imidazole rings is 1. The Bertz CT molecular complexity index is 813. The summed E-state index contributed by atoms with van der Waals surface area (Å²) in [6, 6.07) is 15.8. The first-order valence-electron chi connectivity index (χ1n) is 8.00. The lowest BCUT2D eigenvalue weighted by Gasteiger charge is -2.29. The van der Waals surface area contributed by atoms with Crippen molar-refractivity contribution in [1.82, 2.24) is 14.9 Å². The predicted octanol–water partition coefficient (Wildman–Crippen LogP) is 2.78. The molecule has 0 amide bonds. The molecule has 6 heteroatoms. The van der Waals surface area contributed by atoms with Crippen LogP contribution in [0.4, 0.5) is 5.95 Å². The van der Waals surface area contributed by atoms with Crippen molar-refractivity contribution in [3.63, 3.8) is 0 Å². The normalized spacial score (nSPS) is 14.6. The minimum Gasteiger partial charge on any atom is -0.508 e. The average Bonchev–Trinajstić information content (AvgIpc) is 2.95. The molecule has 0 aliphatic carbocycles. The second-order valence-corrected chi connectivity index (χ2v) is 5.89. The monoisotopic (exact) mass is 388 g/mol. The molecule has 0 bridgehead atoms. The zero-order valence-electron chi connectivity index (χ0n) is 13.4. The summed E-state index contributed by atoms with van der Waals surface area (Å²) in [5.74, 6) is 1.26. The van der Waals surface area contributed by atoms with Crippen molar-refractivity contribution in [2.24, 2.45) is 0 Å². The number of hydrogen-bond donors (Lipinski definition) is 2. The fourth-order valence-corrected chi connectivity index (χ4v) is 3.13. The van der Waals surface area contributed by atoms with E-state index >= 15 is 0 Å². The fourth-order valence-electron chi connectivity index (χ4n) is 3.13. The molecule has 24 heavy (non-hydrogen) atoms. The lowest BCUT2D eigenvalue weighted by Crippen LogP contribution is -2.44. The predicted molar refractivity (Wildman–Crippen MR) is 102 cm³/mol. The Morgan fingerprint density at radius 1 is 1.04 bits per heavy atom. The molecule has 1 fully saturated rings. The number of phenolic OH excluding ortho intramolecular Hbond substituents is 1. The molecular formula is C18H21BrN4O. The molecule has 126 valence electrons. The first-order chi connectivity index (χ1) is 11.3. The second-order valence-electron chi connectivity index (χ2n) is 5.89. The van der Waals surface area contributed by atoms with E-state index in [0.717, 1.165) is 49.7 Å². The van der Waals surface area contributed by atoms with E-state index in [2.05, 4.69) is 39.0 Å². The molecule has 0 saturated carbocycles. The maximum atomic E-state index is 9.88. The van der Waals surface area contributed by atoms with Crippen LogP contribution in [0.2, 0.25) is 0 Å². The summed E-state index contributed by atoms with van der Waals surface area (Å²) >= 11 is 0. The van der Waals surface area contributed by atoms with Crippen molar-refractivity contribution in [1.29, 1.82) is 0 Å². The third-order valence-electron chi connectivity index (χ3n) is 4.30. The van der Waals surface area contributed by atoms with Crippen LogP contribution in [0.1, 0.15) is 5.56 Å². The second kappa shape index (κ2) is 7.23. The van der Waals surface area contributed by atoms with Crippen molar-refractivity contribution in [2.45, 2.75) is 6.54 Å². The maximum Gasteiger partial charge on any atom is 0.206 e. The van der Waals surface area contributed by atoms with Gasteiger partial charge in [-0.2, -0.15) is 0 Å². The third-order valence-corrected chi connectivity index (χ3v) is 4.30. The fraction of sp³-hybridized carbons (Fsp3) is 0.278. The van der Waals surface area contributed by atoms with Gasteiger partial charge in [0.25, 0.3) is 0 Å². The number of phenols is 1. The number of nitrogens with zero attached hydrogens (tertiary/aromatic N) is 3. The van der Waals surface area contributed by atoms with Crippen molar-refractivity contribution in [2.75, 3.05) is 31.1 Å². The molecule has 0 unspecified atom stereocenters. The number of benzene rings is 2. The van der Waals surface area contributed by atoms with Gasteiger partial charge >= 0.3 is 0 Å². The SMILES string of the molecule is Br.Oc1ccc2nc(N3CCNCC3)n(Cc3ccccc3)c2c1. The molecule has 5 nitrogen and oxygen atoms in total. The number of piperazine rings is 1. The number of aromatic nitrogens is 2. The summed E-state index contributed by atoms with van der Waals surface area (Å²) in [6.07, 6.45) is 0. The van der Waals surface area contributed by atoms with Gasteiger partial charge in [0.1, 0.15) is 5.75 Å². The summed E-state index contributed by atoms with van der Waals surface area (Å²) in [5, 5.41) is 13.3. The quantitative estimate of drug-likeness (QED) is 0.724. The van der Waals surface area contributed by atoms with Crippen LogP contribution in [0.3, 0.4) is 0 Å². The molecule has 1 aliphatic heterocycles. The van der Waals surface area contributed by atoms with Gasteiger partial charge < -0.3 is 19.9 Å². The van der Waals surface area contributed by atoms with Crippen LogP contribution < -0.4 is 10.2 Å². The molecule has 2 heterocycles. The summed E-state index contributed by atoms with van der Waals surface area (Å²) in [6.45, 7) is 4.59. The Kier molecular flexibility index (Phi) is 5.06. The van der Waals surface area contributed by atoms with Gasteiger partial charge in [-0.3, -0.25) is 0 Å². The van der Waals surface area contributed by atoms with Gasteiger partial charge in [0, 0.05) is 32.2 Å². The number of anilines is 1. The Labute approximate surface area is 151 Å². The van der Waals surface area contributed by atoms with Crippen molar-refractivity contribution < 1.29 is 5.11 Å². The Morgan fingerprint density at radius 2 is 1.79 bits per heavy atom. The number of aromatic hydroxyl groups is 1. The summed E-state index contributed by atoms with van der Waals surface area (Å²) in [4.78, 5) is 7.14. The lowest BCUT2D eigenvalue weighted by atomic mass is 10.2. The molecule has 0 atom stereocenters. The Morgan fingerprint density at radius 3 is 2.54 bits per heavy atom. The molecule has 4 rings (SSSR count). The highest BCUT2D eigenvalue weighted by atomic mass is 79.9. The van der Waals surface area contributed by atoms with Crippen molar-refractivity contribution >= 4 is 34.0 Å². The minimum atomic E-state index is 0. The molecule has 2 N–H and O–H groups in total. The number of hydrogen-bond acceptors (Lipinski definition) is 4. The topological polar surface area (TPSA) is 53.3 Å². The highest BCUT2D eigenvalue weighted by Crippen LogP contribution is 2.27. The molecule has 3 aromatic rings. The molecule has 2 aromatic carbocycles. The summed E-state index contributed by atoms with van der Waals surface area (Å²) in [7, 11) is 0. The van der Waals surface area contributed by atoms with Gasteiger partial charge in [0.05, 0.1) is 17.6 Å². The van der Waals surface area contributed by atoms with E-state index in [1.54, 1.807) is 12.1 Å². The first kappa shape index (κ1) is 16.8. The van der Waals surface area contributed by atoms with Crippen LogP contribution in [0, 0.1) is 0 Å². The van der Waals surface area contributed by atoms with Crippen molar-refractivity contribution in [3.8, 4) is 5.75 Å². The van der Waals surface area contributed by atoms with Gasteiger partial charge in [-0.25, -0.2) is 4.98 Å². The molecule has 1 saturated heterocycles. The van der Waals surface area contributed by atoms with Gasteiger partial charge in [-0.05, 0) is 17.7 Å². The van der Waals surface area contributed by atoms with E-state index in [9.17, 15) is 5.11 Å². The van der Waals surface area contributed by atoms with Crippen LogP contribution in [0.15, 0.2) is 48.5 Å². The van der Waals surface area contributed by atoms with E-state index < -0.39 is 0 Å². The summed E-state index contributed by atoms with van der Waals surface area (Å²) in [5.41, 5.74) is 3.13. The number of nitrogens with one attached hydrogen (secondary N) is 1. The van der Waals surface area contributed by atoms with Crippen LogP contribution in [-0.4, -0.2) is 40.8 Å². The Balaban J connectivity index is 0.00000169. The number of halogens is 1. The molecule has 1 aromatic heterocycles. The van der Waals surface area contributed by atoms with E-state index in [4.69, 9.17) is 4.98 Å². The van der Waals surface area contributed by atoms with Crippen LogP contribution in [-0.2, 0) is 6.54 Å². The molecule has 1 aliphatic rings.